The fourth-order valence-electron chi connectivity index (χ4n) is 12.6. The lowest BCUT2D eigenvalue weighted by Crippen LogP contribution is -2.63. The van der Waals surface area contributed by atoms with Crippen LogP contribution in [0, 0.1) is 46.3 Å². The molecule has 0 aromatic rings. The number of hydrogen-bond donors (Lipinski definition) is 4. The van der Waals surface area contributed by atoms with E-state index in [1.807, 2.05) is 0 Å². The van der Waals surface area contributed by atoms with Gasteiger partial charge in [0.25, 0.3) is 0 Å². The molecule has 1 amide bonds. The van der Waals surface area contributed by atoms with E-state index in [9.17, 15) is 4.79 Å². The minimum atomic E-state index is 0.0946. The number of unbranched alkanes of at least 4 members (excludes halogenated alkanes) is 7. The van der Waals surface area contributed by atoms with Crippen molar-refractivity contribution < 1.29 is 19.0 Å². The summed E-state index contributed by atoms with van der Waals surface area (Å²) in [6.07, 6.45) is 25.6. The number of carbonyl (C=O) groups excluding carboxylic acids is 1. The van der Waals surface area contributed by atoms with E-state index in [-0.39, 0.29) is 23.0 Å². The first kappa shape index (κ1) is 48.2. The zero-order valence-electron chi connectivity index (χ0n) is 36.9. The standard InChI is InChI=1S/C47H90N4O4S/c1-5-6-7-8-9-12-27-51(44(52)19-11-10-13-32-56)28-14-18-36(2)39-20-21-40-45-41(35-43(47(39,40)4)55-31-17-26-50)46(3)23-22-38(53-29-15-24-48)33-37(46)34-42(45)54-30-16-25-49/h36-43,45,56H,5-35,48-50H2,1-4H3/t36-,37?,38-,39-,40+,41+,42-,43+,45?,46+,47-/m1/s1. The van der Waals surface area contributed by atoms with Crippen molar-refractivity contribution in [2.45, 2.75) is 187 Å². The highest BCUT2D eigenvalue weighted by atomic mass is 32.1. The molecule has 56 heavy (non-hydrogen) atoms. The summed E-state index contributed by atoms with van der Waals surface area (Å²) in [5, 5.41) is 0. The Labute approximate surface area is 350 Å². The number of ether oxygens (including phenoxy) is 3. The van der Waals surface area contributed by atoms with E-state index in [1.165, 1.54) is 51.4 Å². The van der Waals surface area contributed by atoms with Crippen molar-refractivity contribution in [3.8, 4) is 0 Å². The van der Waals surface area contributed by atoms with Gasteiger partial charge in [-0.15, -0.1) is 0 Å². The Balaban J connectivity index is 1.50. The summed E-state index contributed by atoms with van der Waals surface area (Å²) in [5.41, 5.74) is 18.2. The number of nitrogens with two attached hydrogens (primary N) is 3. The van der Waals surface area contributed by atoms with Gasteiger partial charge in [-0.25, -0.2) is 0 Å². The van der Waals surface area contributed by atoms with E-state index in [4.69, 9.17) is 31.4 Å². The lowest BCUT2D eigenvalue weighted by molar-refractivity contribution is -0.227. The number of thiol groups is 1. The number of fused-ring (bicyclic) bond motifs is 5. The van der Waals surface area contributed by atoms with E-state index < -0.39 is 0 Å². The van der Waals surface area contributed by atoms with Crippen LogP contribution in [0.15, 0.2) is 0 Å². The predicted octanol–water partition coefficient (Wildman–Crippen LogP) is 9.16. The van der Waals surface area contributed by atoms with Gasteiger partial charge in [0.05, 0.1) is 18.3 Å². The largest absolute Gasteiger partial charge is 0.378 e. The van der Waals surface area contributed by atoms with Crippen molar-refractivity contribution in [1.82, 2.24) is 4.90 Å². The highest BCUT2D eigenvalue weighted by molar-refractivity contribution is 7.80. The molecule has 4 rings (SSSR count). The molecule has 0 aromatic heterocycles. The topological polar surface area (TPSA) is 126 Å². The van der Waals surface area contributed by atoms with Crippen LogP contribution in [0.4, 0.5) is 0 Å². The van der Waals surface area contributed by atoms with Crippen LogP contribution in [0.5, 0.6) is 0 Å². The van der Waals surface area contributed by atoms with Gasteiger partial charge in [0.15, 0.2) is 0 Å². The molecule has 9 heteroatoms. The van der Waals surface area contributed by atoms with Gasteiger partial charge in [0.1, 0.15) is 0 Å². The molecule has 11 atom stereocenters. The molecule has 8 nitrogen and oxygen atoms in total. The molecule has 0 spiro atoms. The smallest absolute Gasteiger partial charge is 0.222 e. The maximum atomic E-state index is 13.5. The van der Waals surface area contributed by atoms with Crippen molar-refractivity contribution in [1.29, 1.82) is 0 Å². The molecule has 4 aliphatic carbocycles. The van der Waals surface area contributed by atoms with Crippen LogP contribution in [-0.4, -0.2) is 87.4 Å². The Kier molecular flexibility index (Phi) is 21.9. The number of nitrogens with zero attached hydrogens (tertiary/aromatic N) is 1. The molecule has 4 saturated carbocycles. The van der Waals surface area contributed by atoms with Gasteiger partial charge < -0.3 is 36.3 Å². The molecular weight excluding hydrogens is 717 g/mol. The Hall–Kier alpha value is -0.420. The molecule has 0 heterocycles. The molecule has 2 unspecified atom stereocenters. The van der Waals surface area contributed by atoms with E-state index in [0.29, 0.717) is 73.6 Å². The van der Waals surface area contributed by atoms with Gasteiger partial charge in [-0.05, 0) is 163 Å². The molecule has 0 aromatic carbocycles. The summed E-state index contributed by atoms with van der Waals surface area (Å²) in [7, 11) is 0. The Morgan fingerprint density at radius 1 is 0.750 bits per heavy atom. The van der Waals surface area contributed by atoms with Gasteiger partial charge in [0.2, 0.25) is 5.91 Å². The minimum absolute atomic E-state index is 0.0946. The third kappa shape index (κ3) is 12.8. The predicted molar refractivity (Wildman–Crippen MR) is 237 cm³/mol. The Morgan fingerprint density at radius 3 is 2.12 bits per heavy atom. The van der Waals surface area contributed by atoms with Crippen LogP contribution in [0.2, 0.25) is 0 Å². The summed E-state index contributed by atoms with van der Waals surface area (Å²) in [6.45, 7) is 16.2. The molecule has 0 bridgehead atoms. The second-order valence-corrected chi connectivity index (χ2v) is 19.7. The van der Waals surface area contributed by atoms with Crippen LogP contribution in [-0.2, 0) is 19.0 Å². The lowest BCUT2D eigenvalue weighted by atomic mass is 9.43. The third-order valence-corrected chi connectivity index (χ3v) is 16.1. The van der Waals surface area contributed by atoms with Gasteiger partial charge in [0, 0.05) is 44.7 Å². The first-order valence-electron chi connectivity index (χ1n) is 24.0. The van der Waals surface area contributed by atoms with Crippen molar-refractivity contribution in [3.63, 3.8) is 0 Å². The van der Waals surface area contributed by atoms with Gasteiger partial charge in [-0.2, -0.15) is 12.6 Å². The van der Waals surface area contributed by atoms with Gasteiger partial charge in [-0.1, -0.05) is 66.2 Å². The third-order valence-electron chi connectivity index (χ3n) is 15.8. The Morgan fingerprint density at radius 2 is 1.41 bits per heavy atom. The highest BCUT2D eigenvalue weighted by Gasteiger charge is 2.66. The minimum Gasteiger partial charge on any atom is -0.378 e. The van der Waals surface area contributed by atoms with Crippen LogP contribution in [0.25, 0.3) is 0 Å². The second kappa shape index (κ2) is 25.4. The van der Waals surface area contributed by atoms with Crippen molar-refractivity contribution >= 4 is 18.5 Å². The molecule has 4 fully saturated rings. The van der Waals surface area contributed by atoms with Crippen molar-refractivity contribution in [3.05, 3.63) is 0 Å². The normalized spacial score (nSPS) is 33.1. The molecule has 0 saturated heterocycles. The quantitative estimate of drug-likeness (QED) is 0.0439. The maximum absolute atomic E-state index is 13.5. The fraction of sp³-hybridized carbons (Fsp3) is 0.979. The van der Waals surface area contributed by atoms with E-state index in [1.54, 1.807) is 0 Å². The van der Waals surface area contributed by atoms with Gasteiger partial charge >= 0.3 is 0 Å². The first-order valence-corrected chi connectivity index (χ1v) is 24.7. The van der Waals surface area contributed by atoms with Crippen LogP contribution in [0.3, 0.4) is 0 Å². The van der Waals surface area contributed by atoms with E-state index in [2.05, 4.69) is 45.2 Å². The summed E-state index contributed by atoms with van der Waals surface area (Å²) >= 11 is 4.39. The SMILES string of the molecule is CCCCCCCCN(CCC[C@@H](C)[C@H]1CC[C@H]2C3[C@H](OCCCN)CC4C[C@H](OCCCN)CC[C@]4(C)[C@H]3C[C@H](OCCCN)[C@]12C)C(=O)CCCCCS. The number of hydrogen-bond acceptors (Lipinski definition) is 8. The van der Waals surface area contributed by atoms with Crippen LogP contribution < -0.4 is 17.2 Å². The molecule has 0 aliphatic heterocycles. The second-order valence-electron chi connectivity index (χ2n) is 19.3. The molecule has 0 radical (unpaired) electrons. The molecular formula is C47H90N4O4S. The zero-order valence-corrected chi connectivity index (χ0v) is 37.8. The number of carbonyl (C=O) groups is 1. The van der Waals surface area contributed by atoms with E-state index in [0.717, 1.165) is 122 Å². The van der Waals surface area contributed by atoms with Crippen LogP contribution in [0.1, 0.15) is 169 Å². The van der Waals surface area contributed by atoms with Crippen LogP contribution >= 0.6 is 12.6 Å². The lowest BCUT2D eigenvalue weighted by Gasteiger charge is -2.65. The number of rotatable bonds is 29. The Bertz CT molecular complexity index is 1090. The zero-order chi connectivity index (χ0) is 40.4. The fourth-order valence-corrected chi connectivity index (χ4v) is 12.8. The maximum Gasteiger partial charge on any atom is 0.222 e. The first-order chi connectivity index (χ1) is 27.2. The summed E-state index contributed by atoms with van der Waals surface area (Å²) < 4.78 is 20.5. The number of amides is 1. The summed E-state index contributed by atoms with van der Waals surface area (Å²) in [4.78, 5) is 15.8. The molecule has 4 aliphatic rings. The molecule has 6 N–H and O–H groups in total. The summed E-state index contributed by atoms with van der Waals surface area (Å²) in [6, 6.07) is 0. The van der Waals surface area contributed by atoms with Crippen molar-refractivity contribution in [2.24, 2.45) is 63.5 Å². The summed E-state index contributed by atoms with van der Waals surface area (Å²) in [5.74, 6) is 4.76. The highest BCUT2D eigenvalue weighted by Crippen LogP contribution is 2.69. The molecule has 328 valence electrons. The van der Waals surface area contributed by atoms with E-state index >= 15 is 0 Å². The monoisotopic (exact) mass is 807 g/mol. The van der Waals surface area contributed by atoms with Crippen molar-refractivity contribution in [2.75, 3.05) is 58.3 Å². The average molecular weight is 807 g/mol. The average Bonchev–Trinajstić information content (AvgIpc) is 3.55. The van der Waals surface area contributed by atoms with Gasteiger partial charge in [-0.3, -0.25) is 4.79 Å².